The predicted octanol–water partition coefficient (Wildman–Crippen LogP) is 0.804. The number of hydrogen-bond donors (Lipinski definition) is 1. The lowest BCUT2D eigenvalue weighted by Gasteiger charge is -2.18. The molecule has 0 atom stereocenters. The molecule has 0 bridgehead atoms. The third kappa shape index (κ3) is 2.14. The van der Waals surface area contributed by atoms with E-state index in [9.17, 15) is 12.8 Å². The molecule has 6 heteroatoms. The summed E-state index contributed by atoms with van der Waals surface area (Å²) in [5, 5.41) is 0. The molecule has 0 aliphatic carbocycles. The fraction of sp³-hybridized carbons (Fsp3) is 0.250. The molecule has 0 fully saturated rings. The summed E-state index contributed by atoms with van der Waals surface area (Å²) in [6, 6.07) is 3.58. The van der Waals surface area contributed by atoms with Crippen LogP contribution in [0.1, 0.15) is 0 Å². The average molecular weight is 218 g/mol. The number of rotatable bonds is 2. The normalized spacial score (nSPS) is 11.4. The Kier molecular flexibility index (Phi) is 2.66. The number of nitrogen functional groups attached to an aromatic ring is 1. The van der Waals surface area contributed by atoms with Crippen molar-refractivity contribution in [1.82, 2.24) is 0 Å². The lowest BCUT2D eigenvalue weighted by atomic mass is 10.2. The summed E-state index contributed by atoms with van der Waals surface area (Å²) in [6.45, 7) is 0. The zero-order valence-corrected chi connectivity index (χ0v) is 8.68. The second kappa shape index (κ2) is 3.45. The van der Waals surface area contributed by atoms with E-state index < -0.39 is 15.8 Å². The van der Waals surface area contributed by atoms with Gasteiger partial charge in [-0.15, -0.1) is 0 Å². The van der Waals surface area contributed by atoms with Gasteiger partial charge in [0.2, 0.25) is 10.0 Å². The lowest BCUT2D eigenvalue weighted by molar-refractivity contribution is 0.600. The van der Waals surface area contributed by atoms with Gasteiger partial charge in [0.15, 0.2) is 0 Å². The highest BCUT2D eigenvalue weighted by molar-refractivity contribution is 7.92. The molecule has 0 aliphatic rings. The van der Waals surface area contributed by atoms with Crippen molar-refractivity contribution in [1.29, 1.82) is 0 Å². The van der Waals surface area contributed by atoms with Crippen LogP contribution in [0.4, 0.5) is 15.8 Å². The van der Waals surface area contributed by atoms with Crippen LogP contribution in [0.2, 0.25) is 0 Å². The maximum atomic E-state index is 12.8. The van der Waals surface area contributed by atoms with Crippen LogP contribution in [0.25, 0.3) is 0 Å². The van der Waals surface area contributed by atoms with Crippen molar-refractivity contribution < 1.29 is 12.8 Å². The first-order valence-corrected chi connectivity index (χ1v) is 5.66. The summed E-state index contributed by atoms with van der Waals surface area (Å²) < 4.78 is 36.0. The molecule has 1 rings (SSSR count). The molecule has 1 aromatic carbocycles. The number of hydrogen-bond acceptors (Lipinski definition) is 3. The molecule has 0 aliphatic heterocycles. The van der Waals surface area contributed by atoms with E-state index in [1.165, 1.54) is 19.2 Å². The Morgan fingerprint density at radius 2 is 2.00 bits per heavy atom. The number of anilines is 2. The van der Waals surface area contributed by atoms with E-state index in [2.05, 4.69) is 0 Å². The van der Waals surface area contributed by atoms with Crippen molar-refractivity contribution in [3.8, 4) is 0 Å². The zero-order chi connectivity index (χ0) is 10.9. The van der Waals surface area contributed by atoms with Gasteiger partial charge in [-0.05, 0) is 12.1 Å². The summed E-state index contributed by atoms with van der Waals surface area (Å²) in [4.78, 5) is 0. The van der Waals surface area contributed by atoms with Crippen LogP contribution in [0.5, 0.6) is 0 Å². The molecule has 0 radical (unpaired) electrons. The smallest absolute Gasteiger partial charge is 0.232 e. The van der Waals surface area contributed by atoms with E-state index in [4.69, 9.17) is 5.73 Å². The Labute approximate surface area is 82.2 Å². The van der Waals surface area contributed by atoms with Gasteiger partial charge in [-0.1, -0.05) is 0 Å². The van der Waals surface area contributed by atoms with Gasteiger partial charge in [-0.25, -0.2) is 12.8 Å². The third-order valence-electron chi connectivity index (χ3n) is 1.83. The van der Waals surface area contributed by atoms with E-state index in [1.807, 2.05) is 0 Å². The summed E-state index contributed by atoms with van der Waals surface area (Å²) in [7, 11) is -2.09. The lowest BCUT2D eigenvalue weighted by Crippen LogP contribution is -2.25. The number of nitrogens with two attached hydrogens (primary N) is 1. The maximum Gasteiger partial charge on any atom is 0.232 e. The second-order valence-corrected chi connectivity index (χ2v) is 4.95. The monoisotopic (exact) mass is 218 g/mol. The molecule has 0 heterocycles. The SMILES string of the molecule is CN(c1cc(F)ccc1N)S(C)(=O)=O. The Balaban J connectivity index is 3.26. The zero-order valence-electron chi connectivity index (χ0n) is 7.86. The molecule has 0 unspecified atom stereocenters. The van der Waals surface area contributed by atoms with E-state index in [-0.39, 0.29) is 11.4 Å². The van der Waals surface area contributed by atoms with Crippen molar-refractivity contribution in [2.45, 2.75) is 0 Å². The molecular formula is C8H11FN2O2S. The first kappa shape index (κ1) is 10.8. The minimum absolute atomic E-state index is 0.146. The van der Waals surface area contributed by atoms with Gasteiger partial charge < -0.3 is 5.73 Å². The Morgan fingerprint density at radius 3 is 2.50 bits per heavy atom. The fourth-order valence-electron chi connectivity index (χ4n) is 0.968. The molecule has 0 aromatic heterocycles. The average Bonchev–Trinajstić information content (AvgIpc) is 2.06. The molecule has 4 nitrogen and oxygen atoms in total. The summed E-state index contributed by atoms with van der Waals surface area (Å²) >= 11 is 0. The van der Waals surface area contributed by atoms with Crippen LogP contribution in [0.3, 0.4) is 0 Å². The Morgan fingerprint density at radius 1 is 1.43 bits per heavy atom. The van der Waals surface area contributed by atoms with E-state index in [1.54, 1.807) is 0 Å². The summed E-state index contributed by atoms with van der Waals surface area (Å²) in [5.74, 6) is -0.523. The number of benzene rings is 1. The van der Waals surface area contributed by atoms with Gasteiger partial charge in [0.05, 0.1) is 17.6 Å². The number of halogens is 1. The second-order valence-electron chi connectivity index (χ2n) is 2.93. The van der Waals surface area contributed by atoms with E-state index >= 15 is 0 Å². The van der Waals surface area contributed by atoms with Crippen LogP contribution >= 0.6 is 0 Å². The van der Waals surface area contributed by atoms with Gasteiger partial charge >= 0.3 is 0 Å². The maximum absolute atomic E-state index is 12.8. The van der Waals surface area contributed by atoms with Crippen molar-refractivity contribution in [3.63, 3.8) is 0 Å². The molecule has 2 N–H and O–H groups in total. The minimum atomic E-state index is -3.41. The standard InChI is InChI=1S/C8H11FN2O2S/c1-11(14(2,12)13)8-5-6(9)3-4-7(8)10/h3-5H,10H2,1-2H3. The van der Waals surface area contributed by atoms with Crippen LogP contribution in [-0.4, -0.2) is 21.7 Å². The van der Waals surface area contributed by atoms with Crippen molar-refractivity contribution in [3.05, 3.63) is 24.0 Å². The van der Waals surface area contributed by atoms with E-state index in [0.29, 0.717) is 0 Å². The van der Waals surface area contributed by atoms with Crippen LogP contribution < -0.4 is 10.0 Å². The van der Waals surface area contributed by atoms with Gasteiger partial charge in [-0.2, -0.15) is 0 Å². The van der Waals surface area contributed by atoms with Gasteiger partial charge in [-0.3, -0.25) is 4.31 Å². The van der Waals surface area contributed by atoms with Gasteiger partial charge in [0.25, 0.3) is 0 Å². The van der Waals surface area contributed by atoms with Gasteiger partial charge in [0.1, 0.15) is 5.82 Å². The molecular weight excluding hydrogens is 207 g/mol. The molecule has 0 amide bonds. The van der Waals surface area contributed by atoms with Crippen LogP contribution in [0.15, 0.2) is 18.2 Å². The fourth-order valence-corrected chi connectivity index (χ4v) is 1.48. The quantitative estimate of drug-likeness (QED) is 0.747. The largest absolute Gasteiger partial charge is 0.397 e. The summed E-state index contributed by atoms with van der Waals surface area (Å²) in [6.07, 6.45) is 1.03. The van der Waals surface area contributed by atoms with Crippen LogP contribution in [-0.2, 0) is 10.0 Å². The molecule has 14 heavy (non-hydrogen) atoms. The van der Waals surface area contributed by atoms with Crippen LogP contribution in [0, 0.1) is 5.82 Å². The van der Waals surface area contributed by atoms with E-state index in [0.717, 1.165) is 16.6 Å². The van der Waals surface area contributed by atoms with Gasteiger partial charge in [0, 0.05) is 13.1 Å². The minimum Gasteiger partial charge on any atom is -0.397 e. The number of nitrogens with zero attached hydrogens (tertiary/aromatic N) is 1. The molecule has 1 aromatic rings. The molecule has 0 spiro atoms. The van der Waals surface area contributed by atoms with Crippen molar-refractivity contribution in [2.75, 3.05) is 23.3 Å². The summed E-state index contributed by atoms with van der Waals surface area (Å²) in [5.41, 5.74) is 5.88. The predicted molar refractivity (Wildman–Crippen MR) is 54.1 cm³/mol. The molecule has 0 saturated carbocycles. The molecule has 78 valence electrons. The number of sulfonamides is 1. The highest BCUT2D eigenvalue weighted by Gasteiger charge is 2.14. The third-order valence-corrected chi connectivity index (χ3v) is 3.02. The Bertz CT molecular complexity index is 445. The van der Waals surface area contributed by atoms with Crippen molar-refractivity contribution >= 4 is 21.4 Å². The van der Waals surface area contributed by atoms with Crippen molar-refractivity contribution in [2.24, 2.45) is 0 Å². The first-order chi connectivity index (χ1) is 6.32. The molecule has 0 saturated heterocycles. The topological polar surface area (TPSA) is 63.4 Å². The Hall–Kier alpha value is -1.30. The highest BCUT2D eigenvalue weighted by atomic mass is 32.2. The first-order valence-electron chi connectivity index (χ1n) is 3.81. The highest BCUT2D eigenvalue weighted by Crippen LogP contribution is 2.24.